The Hall–Kier alpha value is -0.280. The summed E-state index contributed by atoms with van der Waals surface area (Å²) in [4.78, 5) is 11.8. The molecule has 1 unspecified atom stereocenters. The third-order valence-electron chi connectivity index (χ3n) is 2.25. The number of hydrogen-bond donors (Lipinski definition) is 0. The van der Waals surface area contributed by atoms with E-state index in [-0.39, 0.29) is 5.78 Å². The lowest BCUT2D eigenvalue weighted by Crippen LogP contribution is -2.06. The highest BCUT2D eigenvalue weighted by Crippen LogP contribution is 2.20. The second-order valence-corrected chi connectivity index (χ2v) is 5.71. The van der Waals surface area contributed by atoms with Crippen LogP contribution in [0.15, 0.2) is 28.7 Å². The lowest BCUT2D eigenvalue weighted by Gasteiger charge is -2.07. The van der Waals surface area contributed by atoms with Crippen molar-refractivity contribution in [3.05, 3.63) is 34.3 Å². The summed E-state index contributed by atoms with van der Waals surface area (Å²) in [6.07, 6.45) is 1.11. The van der Waals surface area contributed by atoms with Crippen molar-refractivity contribution < 1.29 is 4.79 Å². The van der Waals surface area contributed by atoms with E-state index >= 15 is 0 Å². The number of halogens is 1. The van der Waals surface area contributed by atoms with Gasteiger partial charge in [0.25, 0.3) is 0 Å². The van der Waals surface area contributed by atoms with Crippen molar-refractivity contribution in [2.75, 3.05) is 5.75 Å². The van der Waals surface area contributed by atoms with E-state index < -0.39 is 0 Å². The van der Waals surface area contributed by atoms with Gasteiger partial charge < -0.3 is 0 Å². The number of carbonyl (C=O) groups is 1. The summed E-state index contributed by atoms with van der Waals surface area (Å²) in [7, 11) is 0. The fraction of sp³-hybridized carbons (Fsp3) is 0.417. The van der Waals surface area contributed by atoms with Crippen LogP contribution in [-0.4, -0.2) is 16.8 Å². The number of carbonyl (C=O) groups excluding carboxylic acids is 1. The number of hydrogen-bond acceptors (Lipinski definition) is 2. The molecule has 0 aliphatic heterocycles. The van der Waals surface area contributed by atoms with Crippen molar-refractivity contribution in [1.82, 2.24) is 0 Å². The minimum Gasteiger partial charge on any atom is -0.293 e. The van der Waals surface area contributed by atoms with Crippen molar-refractivity contribution >= 4 is 33.5 Å². The predicted molar refractivity (Wildman–Crippen MR) is 70.7 cm³/mol. The maximum Gasteiger partial charge on any atom is 0.173 e. The molecule has 1 aromatic carbocycles. The van der Waals surface area contributed by atoms with Crippen molar-refractivity contribution in [3.8, 4) is 0 Å². The van der Waals surface area contributed by atoms with Gasteiger partial charge in [0.2, 0.25) is 0 Å². The molecule has 0 radical (unpaired) electrons. The Labute approximate surface area is 104 Å². The standard InChI is InChI=1S/C12H15BrOS/c1-3-9(2)15-8-12(14)10-6-4-5-7-11(10)13/h4-7,9H,3,8H2,1-2H3. The largest absolute Gasteiger partial charge is 0.293 e. The van der Waals surface area contributed by atoms with E-state index in [2.05, 4.69) is 29.8 Å². The molecule has 3 heteroatoms. The van der Waals surface area contributed by atoms with Crippen molar-refractivity contribution in [1.29, 1.82) is 0 Å². The van der Waals surface area contributed by atoms with Gasteiger partial charge in [-0.2, -0.15) is 11.8 Å². The summed E-state index contributed by atoms with van der Waals surface area (Å²) in [5.74, 6) is 0.769. The summed E-state index contributed by atoms with van der Waals surface area (Å²) >= 11 is 5.11. The zero-order valence-electron chi connectivity index (χ0n) is 9.00. The van der Waals surface area contributed by atoms with Crippen LogP contribution in [0.4, 0.5) is 0 Å². The molecule has 1 aromatic rings. The molecule has 1 atom stereocenters. The zero-order chi connectivity index (χ0) is 11.3. The topological polar surface area (TPSA) is 17.1 Å². The SMILES string of the molecule is CCC(C)SCC(=O)c1ccccc1Br. The van der Waals surface area contributed by atoms with Gasteiger partial charge in [0.05, 0.1) is 5.75 Å². The molecule has 0 heterocycles. The van der Waals surface area contributed by atoms with E-state index in [0.29, 0.717) is 11.0 Å². The zero-order valence-corrected chi connectivity index (χ0v) is 11.4. The Morgan fingerprint density at radius 1 is 1.47 bits per heavy atom. The van der Waals surface area contributed by atoms with Gasteiger partial charge in [0, 0.05) is 15.3 Å². The number of thioether (sulfide) groups is 1. The van der Waals surface area contributed by atoms with E-state index in [1.54, 1.807) is 11.8 Å². The van der Waals surface area contributed by atoms with E-state index in [0.717, 1.165) is 16.5 Å². The molecule has 0 amide bonds. The van der Waals surface area contributed by atoms with Gasteiger partial charge in [0.1, 0.15) is 0 Å². The van der Waals surface area contributed by atoms with Crippen molar-refractivity contribution in [2.45, 2.75) is 25.5 Å². The monoisotopic (exact) mass is 286 g/mol. The van der Waals surface area contributed by atoms with Gasteiger partial charge in [-0.25, -0.2) is 0 Å². The van der Waals surface area contributed by atoms with E-state index in [9.17, 15) is 4.79 Å². The molecule has 0 spiro atoms. The maximum atomic E-state index is 11.8. The molecule has 1 nitrogen and oxygen atoms in total. The summed E-state index contributed by atoms with van der Waals surface area (Å²) in [6, 6.07) is 7.58. The smallest absolute Gasteiger partial charge is 0.173 e. The number of rotatable bonds is 5. The third-order valence-corrected chi connectivity index (χ3v) is 4.27. The van der Waals surface area contributed by atoms with Gasteiger partial charge in [-0.05, 0) is 12.5 Å². The third kappa shape index (κ3) is 3.99. The van der Waals surface area contributed by atoms with Gasteiger partial charge in [0.15, 0.2) is 5.78 Å². The van der Waals surface area contributed by atoms with Crippen LogP contribution in [0, 0.1) is 0 Å². The fourth-order valence-corrected chi connectivity index (χ4v) is 2.43. The quantitative estimate of drug-likeness (QED) is 0.756. The Morgan fingerprint density at radius 2 is 2.13 bits per heavy atom. The van der Waals surface area contributed by atoms with Crippen LogP contribution < -0.4 is 0 Å². The first-order chi connectivity index (χ1) is 7.15. The highest BCUT2D eigenvalue weighted by atomic mass is 79.9. The van der Waals surface area contributed by atoms with Gasteiger partial charge in [-0.1, -0.05) is 48.0 Å². The van der Waals surface area contributed by atoms with Crippen LogP contribution in [0.3, 0.4) is 0 Å². The summed E-state index contributed by atoms with van der Waals surface area (Å²) < 4.78 is 0.889. The predicted octanol–water partition coefficient (Wildman–Crippen LogP) is 4.16. The van der Waals surface area contributed by atoms with E-state index in [4.69, 9.17) is 0 Å². The molecule has 1 rings (SSSR count). The molecule has 0 saturated heterocycles. The Morgan fingerprint density at radius 3 is 2.73 bits per heavy atom. The van der Waals surface area contributed by atoms with Gasteiger partial charge in [-0.15, -0.1) is 0 Å². The number of ketones is 1. The molecule has 82 valence electrons. The van der Waals surface area contributed by atoms with Gasteiger partial charge in [-0.3, -0.25) is 4.79 Å². The van der Waals surface area contributed by atoms with Crippen LogP contribution in [0.1, 0.15) is 30.6 Å². The normalized spacial score (nSPS) is 12.5. The molecule has 15 heavy (non-hydrogen) atoms. The van der Waals surface area contributed by atoms with Crippen LogP contribution in [0.25, 0.3) is 0 Å². The molecule has 0 bridgehead atoms. The second kappa shape index (κ2) is 6.33. The average molecular weight is 287 g/mol. The minimum atomic E-state index is 0.202. The Balaban J connectivity index is 2.58. The lowest BCUT2D eigenvalue weighted by molar-refractivity contribution is 0.102. The molecule has 0 aliphatic rings. The molecular formula is C12H15BrOS. The summed E-state index contributed by atoms with van der Waals surface area (Å²) in [5.41, 5.74) is 0.785. The highest BCUT2D eigenvalue weighted by molar-refractivity contribution is 9.10. The van der Waals surface area contributed by atoms with Crippen LogP contribution in [0.5, 0.6) is 0 Å². The highest BCUT2D eigenvalue weighted by Gasteiger charge is 2.10. The molecule has 0 N–H and O–H groups in total. The average Bonchev–Trinajstić information content (AvgIpc) is 2.26. The van der Waals surface area contributed by atoms with Crippen LogP contribution in [0.2, 0.25) is 0 Å². The Kier molecular flexibility index (Phi) is 5.40. The number of Topliss-reactive ketones (excluding diaryl/α,β-unsaturated/α-hetero) is 1. The van der Waals surface area contributed by atoms with E-state index in [1.165, 1.54) is 0 Å². The molecule has 0 fully saturated rings. The summed E-state index contributed by atoms with van der Waals surface area (Å²) in [5, 5.41) is 0.552. The lowest BCUT2D eigenvalue weighted by atomic mass is 10.1. The maximum absolute atomic E-state index is 11.8. The fourth-order valence-electron chi connectivity index (χ4n) is 1.10. The molecule has 0 aliphatic carbocycles. The van der Waals surface area contributed by atoms with Crippen molar-refractivity contribution in [3.63, 3.8) is 0 Å². The minimum absolute atomic E-state index is 0.202. The first-order valence-corrected chi connectivity index (χ1v) is 6.88. The molecule has 0 aromatic heterocycles. The number of benzene rings is 1. The van der Waals surface area contributed by atoms with E-state index in [1.807, 2.05) is 24.3 Å². The second-order valence-electron chi connectivity index (χ2n) is 3.43. The molecule has 0 saturated carbocycles. The van der Waals surface area contributed by atoms with Crippen LogP contribution in [-0.2, 0) is 0 Å². The first-order valence-electron chi connectivity index (χ1n) is 5.04. The van der Waals surface area contributed by atoms with Gasteiger partial charge >= 0.3 is 0 Å². The summed E-state index contributed by atoms with van der Waals surface area (Å²) in [6.45, 7) is 4.29. The molecular weight excluding hydrogens is 272 g/mol. The van der Waals surface area contributed by atoms with Crippen molar-refractivity contribution in [2.24, 2.45) is 0 Å². The Bertz CT molecular complexity index is 338. The first kappa shape index (κ1) is 12.8. The van der Waals surface area contributed by atoms with Crippen LogP contribution >= 0.6 is 27.7 Å².